The first kappa shape index (κ1) is 22.7. The number of aromatic nitrogens is 2. The maximum absolute atomic E-state index is 12.6. The second kappa shape index (κ2) is 10.4. The first-order chi connectivity index (χ1) is 14.9. The predicted octanol–water partition coefficient (Wildman–Crippen LogP) is 4.33. The Morgan fingerprint density at radius 3 is 2.39 bits per heavy atom. The van der Waals surface area contributed by atoms with Crippen LogP contribution in [0.4, 0.5) is 10.8 Å². The molecule has 0 spiro atoms. The van der Waals surface area contributed by atoms with E-state index in [9.17, 15) is 13.2 Å². The summed E-state index contributed by atoms with van der Waals surface area (Å²) in [5.74, 6) is 0.267. The summed E-state index contributed by atoms with van der Waals surface area (Å²) in [7, 11) is -3.75. The quantitative estimate of drug-likeness (QED) is 0.466. The van der Waals surface area contributed by atoms with Gasteiger partial charge in [-0.3, -0.25) is 14.8 Å². The molecule has 0 radical (unpaired) electrons. The molecule has 3 rings (SSSR count). The third kappa shape index (κ3) is 6.25. The number of ether oxygens (including phenoxy) is 1. The van der Waals surface area contributed by atoms with Crippen LogP contribution in [-0.4, -0.2) is 31.1 Å². The van der Waals surface area contributed by atoms with Gasteiger partial charge in [-0.1, -0.05) is 24.7 Å². The van der Waals surface area contributed by atoms with E-state index in [-0.39, 0.29) is 10.8 Å². The Morgan fingerprint density at radius 2 is 1.74 bits per heavy atom. The van der Waals surface area contributed by atoms with Gasteiger partial charge in [0, 0.05) is 17.7 Å². The number of amides is 1. The van der Waals surface area contributed by atoms with Crippen molar-refractivity contribution in [2.45, 2.75) is 38.0 Å². The third-order valence-corrected chi connectivity index (χ3v) is 6.57. The summed E-state index contributed by atoms with van der Waals surface area (Å²) in [6.07, 6.45) is 2.93. The van der Waals surface area contributed by atoms with E-state index in [1.807, 2.05) is 6.92 Å². The standard InChI is InChI=1S/C21H24N4O4S2/c1-3-5-6-19-23-24-21(30-19)22-20(26)15-7-9-16(10-8-15)25-31(27,28)18-13-11-17(12-14-18)29-4-2/h7-14,25H,3-6H2,1-2H3,(H,22,24,26). The molecule has 8 nitrogen and oxygen atoms in total. The molecule has 164 valence electrons. The zero-order valence-corrected chi connectivity index (χ0v) is 18.9. The van der Waals surface area contributed by atoms with Crippen LogP contribution in [0, 0.1) is 0 Å². The summed E-state index contributed by atoms with van der Waals surface area (Å²) in [5, 5.41) is 12.1. The number of sulfonamides is 1. The summed E-state index contributed by atoms with van der Waals surface area (Å²) in [6.45, 7) is 4.46. The maximum Gasteiger partial charge on any atom is 0.261 e. The first-order valence-electron chi connectivity index (χ1n) is 9.90. The van der Waals surface area contributed by atoms with Gasteiger partial charge in [-0.2, -0.15) is 0 Å². The average molecular weight is 461 g/mol. The summed E-state index contributed by atoms with van der Waals surface area (Å²) < 4.78 is 33.0. The van der Waals surface area contributed by atoms with Gasteiger partial charge < -0.3 is 4.74 Å². The van der Waals surface area contributed by atoms with Crippen LogP contribution in [0.5, 0.6) is 5.75 Å². The Labute approximate surface area is 185 Å². The first-order valence-corrected chi connectivity index (χ1v) is 12.2. The fourth-order valence-electron chi connectivity index (χ4n) is 2.69. The Balaban J connectivity index is 1.62. The molecule has 2 N–H and O–H groups in total. The molecule has 0 unspecified atom stereocenters. The number of aryl methyl sites for hydroxylation is 1. The highest BCUT2D eigenvalue weighted by Gasteiger charge is 2.15. The second-order valence-corrected chi connectivity index (χ2v) is 9.39. The van der Waals surface area contributed by atoms with Crippen LogP contribution in [0.25, 0.3) is 0 Å². The number of nitrogens with one attached hydrogen (secondary N) is 2. The molecule has 0 fully saturated rings. The molecule has 1 aromatic heterocycles. The van der Waals surface area contributed by atoms with Gasteiger partial charge in [0.15, 0.2) is 0 Å². The van der Waals surface area contributed by atoms with Gasteiger partial charge in [0.05, 0.1) is 11.5 Å². The van der Waals surface area contributed by atoms with Gasteiger partial charge in [0.25, 0.3) is 15.9 Å². The van der Waals surface area contributed by atoms with Crippen LogP contribution in [0.15, 0.2) is 53.4 Å². The molecule has 0 aliphatic carbocycles. The third-order valence-electron chi connectivity index (χ3n) is 4.28. The minimum Gasteiger partial charge on any atom is -0.494 e. The van der Waals surface area contributed by atoms with E-state index in [1.54, 1.807) is 24.3 Å². The van der Waals surface area contributed by atoms with Crippen LogP contribution < -0.4 is 14.8 Å². The Kier molecular flexibility index (Phi) is 7.59. The van der Waals surface area contributed by atoms with Gasteiger partial charge in [-0.25, -0.2) is 8.42 Å². The number of carbonyl (C=O) groups is 1. The van der Waals surface area contributed by atoms with E-state index >= 15 is 0 Å². The molecular formula is C21H24N4O4S2. The van der Waals surface area contributed by atoms with E-state index in [4.69, 9.17) is 4.74 Å². The zero-order chi connectivity index (χ0) is 22.3. The molecular weight excluding hydrogens is 436 g/mol. The van der Waals surface area contributed by atoms with Crippen molar-refractivity contribution in [1.29, 1.82) is 0 Å². The average Bonchev–Trinajstić information content (AvgIpc) is 3.20. The number of carbonyl (C=O) groups excluding carboxylic acids is 1. The van der Waals surface area contributed by atoms with Crippen molar-refractivity contribution >= 4 is 38.1 Å². The Bertz CT molecular complexity index is 1110. The van der Waals surface area contributed by atoms with Crippen molar-refractivity contribution in [1.82, 2.24) is 10.2 Å². The van der Waals surface area contributed by atoms with Crippen LogP contribution >= 0.6 is 11.3 Å². The largest absolute Gasteiger partial charge is 0.494 e. The monoisotopic (exact) mass is 460 g/mol. The molecule has 1 amide bonds. The molecule has 31 heavy (non-hydrogen) atoms. The highest BCUT2D eigenvalue weighted by atomic mass is 32.2. The fourth-order valence-corrected chi connectivity index (χ4v) is 4.52. The molecule has 0 saturated heterocycles. The minimum absolute atomic E-state index is 0.118. The SMILES string of the molecule is CCCCc1nnc(NC(=O)c2ccc(NS(=O)(=O)c3ccc(OCC)cc3)cc2)s1. The molecule has 3 aromatic rings. The topological polar surface area (TPSA) is 110 Å². The van der Waals surface area contributed by atoms with Gasteiger partial charge in [0.1, 0.15) is 10.8 Å². The van der Waals surface area contributed by atoms with E-state index in [0.717, 1.165) is 24.3 Å². The van der Waals surface area contributed by atoms with Crippen molar-refractivity contribution in [2.75, 3.05) is 16.6 Å². The fraction of sp³-hybridized carbons (Fsp3) is 0.286. The summed E-state index contributed by atoms with van der Waals surface area (Å²) >= 11 is 1.35. The van der Waals surface area contributed by atoms with Crippen molar-refractivity contribution < 1.29 is 17.9 Å². The van der Waals surface area contributed by atoms with E-state index in [2.05, 4.69) is 27.2 Å². The lowest BCUT2D eigenvalue weighted by Gasteiger charge is -2.10. The van der Waals surface area contributed by atoms with Gasteiger partial charge in [-0.15, -0.1) is 10.2 Å². The molecule has 0 aliphatic heterocycles. The van der Waals surface area contributed by atoms with Crippen molar-refractivity contribution in [3.8, 4) is 5.75 Å². The van der Waals surface area contributed by atoms with Crippen molar-refractivity contribution in [2.24, 2.45) is 0 Å². The number of hydrogen-bond donors (Lipinski definition) is 2. The van der Waals surface area contributed by atoms with Crippen LogP contribution in [0.1, 0.15) is 42.1 Å². The van der Waals surface area contributed by atoms with E-state index in [1.165, 1.54) is 35.6 Å². The normalized spacial score (nSPS) is 11.2. The lowest BCUT2D eigenvalue weighted by molar-refractivity contribution is 0.102. The zero-order valence-electron chi connectivity index (χ0n) is 17.3. The lowest BCUT2D eigenvalue weighted by Crippen LogP contribution is -2.14. The molecule has 0 aliphatic rings. The van der Waals surface area contributed by atoms with Gasteiger partial charge in [-0.05, 0) is 61.9 Å². The number of nitrogens with zero attached hydrogens (tertiary/aromatic N) is 2. The van der Waals surface area contributed by atoms with E-state index in [0.29, 0.717) is 28.7 Å². The smallest absolute Gasteiger partial charge is 0.261 e. The van der Waals surface area contributed by atoms with Crippen LogP contribution in [0.3, 0.4) is 0 Å². The highest BCUT2D eigenvalue weighted by Crippen LogP contribution is 2.21. The van der Waals surface area contributed by atoms with Gasteiger partial charge in [0.2, 0.25) is 5.13 Å². The van der Waals surface area contributed by atoms with Gasteiger partial charge >= 0.3 is 0 Å². The summed E-state index contributed by atoms with van der Waals surface area (Å²) in [5.41, 5.74) is 0.734. The Morgan fingerprint density at radius 1 is 1.03 bits per heavy atom. The molecule has 1 heterocycles. The van der Waals surface area contributed by atoms with Crippen LogP contribution in [0.2, 0.25) is 0 Å². The number of rotatable bonds is 10. The maximum atomic E-state index is 12.6. The number of benzene rings is 2. The molecule has 0 bridgehead atoms. The Hall–Kier alpha value is -2.98. The van der Waals surface area contributed by atoms with Crippen molar-refractivity contribution in [3.63, 3.8) is 0 Å². The minimum atomic E-state index is -3.75. The highest BCUT2D eigenvalue weighted by molar-refractivity contribution is 7.92. The predicted molar refractivity (Wildman–Crippen MR) is 121 cm³/mol. The van der Waals surface area contributed by atoms with Crippen LogP contribution in [-0.2, 0) is 16.4 Å². The summed E-state index contributed by atoms with van der Waals surface area (Å²) in [6, 6.07) is 12.3. The molecule has 0 saturated carbocycles. The molecule has 2 aromatic carbocycles. The molecule has 0 atom stereocenters. The van der Waals surface area contributed by atoms with E-state index < -0.39 is 10.0 Å². The second-order valence-electron chi connectivity index (χ2n) is 6.65. The molecule has 10 heteroatoms. The number of anilines is 2. The number of unbranched alkanes of at least 4 members (excludes halogenated alkanes) is 1. The number of hydrogen-bond acceptors (Lipinski definition) is 7. The van der Waals surface area contributed by atoms with Crippen molar-refractivity contribution in [3.05, 3.63) is 59.1 Å². The summed E-state index contributed by atoms with van der Waals surface area (Å²) in [4.78, 5) is 12.5. The lowest BCUT2D eigenvalue weighted by atomic mass is 10.2.